The molecular formula is C15H25ClN4O2. The summed E-state index contributed by atoms with van der Waals surface area (Å²) in [5.41, 5.74) is 1.15. The van der Waals surface area contributed by atoms with Gasteiger partial charge in [0.15, 0.2) is 0 Å². The summed E-state index contributed by atoms with van der Waals surface area (Å²) in [5.74, 6) is 0.468. The second kappa shape index (κ2) is 6.98. The van der Waals surface area contributed by atoms with Crippen molar-refractivity contribution in [1.82, 2.24) is 20.0 Å². The Balaban J connectivity index is 0.00000176. The first-order chi connectivity index (χ1) is 10.1. The smallest absolute Gasteiger partial charge is 0.228 e. The Bertz CT molecular complexity index is 521. The fraction of sp³-hybridized carbons (Fsp3) is 0.733. The van der Waals surface area contributed by atoms with Gasteiger partial charge in [0.2, 0.25) is 5.91 Å². The summed E-state index contributed by atoms with van der Waals surface area (Å²) < 4.78 is 7.43. The molecule has 1 aromatic rings. The lowest BCUT2D eigenvalue weighted by Crippen LogP contribution is -2.52. The number of aromatic nitrogens is 2. The number of nitrogens with one attached hydrogen (secondary N) is 1. The van der Waals surface area contributed by atoms with Gasteiger partial charge in [0.25, 0.3) is 0 Å². The number of halogens is 1. The van der Waals surface area contributed by atoms with Crippen LogP contribution < -0.4 is 5.32 Å². The van der Waals surface area contributed by atoms with E-state index in [2.05, 4.69) is 17.3 Å². The Hall–Kier alpha value is -1.11. The molecule has 0 radical (unpaired) electrons. The van der Waals surface area contributed by atoms with E-state index in [0.717, 1.165) is 18.7 Å². The van der Waals surface area contributed by atoms with Crippen LogP contribution in [-0.2, 0) is 16.6 Å². The lowest BCUT2D eigenvalue weighted by molar-refractivity contribution is -0.147. The van der Waals surface area contributed by atoms with E-state index in [1.165, 1.54) is 0 Å². The summed E-state index contributed by atoms with van der Waals surface area (Å²) in [7, 11) is 1.91. The lowest BCUT2D eigenvalue weighted by atomic mass is 9.89. The van der Waals surface area contributed by atoms with E-state index in [-0.39, 0.29) is 42.3 Å². The Morgan fingerprint density at radius 1 is 1.41 bits per heavy atom. The van der Waals surface area contributed by atoms with Crippen LogP contribution in [0.15, 0.2) is 12.4 Å². The quantitative estimate of drug-likeness (QED) is 0.871. The van der Waals surface area contributed by atoms with Crippen molar-refractivity contribution in [2.75, 3.05) is 26.2 Å². The molecule has 3 rings (SSSR count). The average molecular weight is 329 g/mol. The van der Waals surface area contributed by atoms with Crippen molar-refractivity contribution in [3.05, 3.63) is 18.0 Å². The van der Waals surface area contributed by atoms with Crippen molar-refractivity contribution in [3.8, 4) is 0 Å². The van der Waals surface area contributed by atoms with Gasteiger partial charge in [-0.1, -0.05) is 0 Å². The minimum atomic E-state index is 0. The Morgan fingerprint density at radius 3 is 2.86 bits per heavy atom. The topological polar surface area (TPSA) is 59.4 Å². The second-order valence-electron chi connectivity index (χ2n) is 6.30. The van der Waals surface area contributed by atoms with Gasteiger partial charge < -0.3 is 15.0 Å². The van der Waals surface area contributed by atoms with E-state index in [1.807, 2.05) is 31.3 Å². The van der Waals surface area contributed by atoms with E-state index >= 15 is 0 Å². The standard InChI is InChI=1S/C15H24N4O2.ClH/c1-10-9-21-11(2)7-19(10)15(20)14-6-16-5-13(14)12-4-17-18(3)8-12;/h4,8,10-11,13-14,16H,5-7,9H2,1-3H3;1H/t10?,11?,13-,14+;/m1./s1. The molecule has 2 unspecified atom stereocenters. The fourth-order valence-corrected chi connectivity index (χ4v) is 3.34. The van der Waals surface area contributed by atoms with E-state index < -0.39 is 0 Å². The van der Waals surface area contributed by atoms with Crippen LogP contribution in [0.2, 0.25) is 0 Å². The van der Waals surface area contributed by atoms with Gasteiger partial charge >= 0.3 is 0 Å². The van der Waals surface area contributed by atoms with Gasteiger partial charge in [-0.25, -0.2) is 0 Å². The minimum absolute atomic E-state index is 0. The third kappa shape index (κ3) is 3.29. The molecule has 4 atom stereocenters. The van der Waals surface area contributed by atoms with Crippen molar-refractivity contribution in [2.24, 2.45) is 13.0 Å². The van der Waals surface area contributed by atoms with Gasteiger partial charge in [0.1, 0.15) is 0 Å². The first-order valence-corrected chi connectivity index (χ1v) is 7.67. The normalized spacial score (nSPS) is 31.9. The number of carbonyl (C=O) groups excluding carboxylic acids is 1. The summed E-state index contributed by atoms with van der Waals surface area (Å²) in [6.45, 7) is 7.00. The second-order valence-corrected chi connectivity index (χ2v) is 6.30. The molecule has 0 saturated carbocycles. The highest BCUT2D eigenvalue weighted by molar-refractivity contribution is 5.85. The fourth-order valence-electron chi connectivity index (χ4n) is 3.34. The van der Waals surface area contributed by atoms with Crippen LogP contribution in [0.5, 0.6) is 0 Å². The number of aryl methyl sites for hydroxylation is 1. The van der Waals surface area contributed by atoms with Gasteiger partial charge in [0.05, 0.1) is 30.9 Å². The predicted octanol–water partition coefficient (Wildman–Crippen LogP) is 0.781. The highest BCUT2D eigenvalue weighted by Gasteiger charge is 2.39. The summed E-state index contributed by atoms with van der Waals surface area (Å²) in [6, 6.07) is 0.156. The van der Waals surface area contributed by atoms with Gasteiger partial charge in [-0.3, -0.25) is 9.48 Å². The lowest BCUT2D eigenvalue weighted by Gasteiger charge is -2.38. The molecule has 2 saturated heterocycles. The molecule has 0 aromatic carbocycles. The average Bonchev–Trinajstić information content (AvgIpc) is 3.09. The van der Waals surface area contributed by atoms with Crippen LogP contribution in [-0.4, -0.2) is 59.0 Å². The number of nitrogens with zero attached hydrogens (tertiary/aromatic N) is 3. The first kappa shape index (κ1) is 17.2. The Kier molecular flexibility index (Phi) is 5.47. The number of amides is 1. The highest BCUT2D eigenvalue weighted by Crippen LogP contribution is 2.30. The zero-order valence-electron chi connectivity index (χ0n) is 13.4. The molecule has 0 aliphatic carbocycles. The van der Waals surface area contributed by atoms with Crippen LogP contribution in [0.25, 0.3) is 0 Å². The summed E-state index contributed by atoms with van der Waals surface area (Å²) in [4.78, 5) is 14.9. The minimum Gasteiger partial charge on any atom is -0.375 e. The van der Waals surface area contributed by atoms with Crippen LogP contribution >= 0.6 is 12.4 Å². The SMILES string of the molecule is CC1CN(C(=O)[C@H]2CNC[C@@H]2c2cnn(C)c2)C(C)CO1.Cl. The van der Waals surface area contributed by atoms with Crippen LogP contribution in [0.3, 0.4) is 0 Å². The Labute approximate surface area is 137 Å². The molecule has 2 fully saturated rings. The Morgan fingerprint density at radius 2 is 2.18 bits per heavy atom. The molecule has 1 N–H and O–H groups in total. The van der Waals surface area contributed by atoms with E-state index in [1.54, 1.807) is 4.68 Å². The van der Waals surface area contributed by atoms with Crippen molar-refractivity contribution < 1.29 is 9.53 Å². The molecule has 3 heterocycles. The number of rotatable bonds is 2. The maximum absolute atomic E-state index is 13.0. The van der Waals surface area contributed by atoms with Gasteiger partial charge in [0, 0.05) is 38.8 Å². The van der Waals surface area contributed by atoms with Crippen molar-refractivity contribution in [3.63, 3.8) is 0 Å². The number of morpholine rings is 1. The van der Waals surface area contributed by atoms with Crippen molar-refractivity contribution >= 4 is 18.3 Å². The summed E-state index contributed by atoms with van der Waals surface area (Å²) in [5, 5.41) is 7.60. The monoisotopic (exact) mass is 328 g/mol. The van der Waals surface area contributed by atoms with Gasteiger partial charge in [-0.05, 0) is 19.4 Å². The molecule has 0 bridgehead atoms. The molecule has 124 valence electrons. The van der Waals surface area contributed by atoms with E-state index in [9.17, 15) is 4.79 Å². The summed E-state index contributed by atoms with van der Waals surface area (Å²) in [6.07, 6.45) is 4.02. The number of ether oxygens (including phenoxy) is 1. The number of hydrogen-bond donors (Lipinski definition) is 1. The molecule has 2 aliphatic rings. The third-order valence-electron chi connectivity index (χ3n) is 4.58. The molecule has 2 aliphatic heterocycles. The largest absolute Gasteiger partial charge is 0.375 e. The molecule has 6 nitrogen and oxygen atoms in total. The molecule has 22 heavy (non-hydrogen) atoms. The molecule has 0 spiro atoms. The van der Waals surface area contributed by atoms with Crippen molar-refractivity contribution in [2.45, 2.75) is 31.9 Å². The zero-order valence-corrected chi connectivity index (χ0v) is 14.2. The predicted molar refractivity (Wildman–Crippen MR) is 86.1 cm³/mol. The maximum Gasteiger partial charge on any atom is 0.228 e. The van der Waals surface area contributed by atoms with E-state index in [4.69, 9.17) is 4.74 Å². The molecule has 7 heteroatoms. The van der Waals surface area contributed by atoms with E-state index in [0.29, 0.717) is 13.2 Å². The highest BCUT2D eigenvalue weighted by atomic mass is 35.5. The number of carbonyl (C=O) groups is 1. The summed E-state index contributed by atoms with van der Waals surface area (Å²) >= 11 is 0. The molecular weight excluding hydrogens is 304 g/mol. The molecule has 1 amide bonds. The van der Waals surface area contributed by atoms with Crippen LogP contribution in [0.4, 0.5) is 0 Å². The van der Waals surface area contributed by atoms with Crippen LogP contribution in [0, 0.1) is 5.92 Å². The molecule has 1 aromatic heterocycles. The number of hydrogen-bond acceptors (Lipinski definition) is 4. The van der Waals surface area contributed by atoms with Gasteiger partial charge in [-0.2, -0.15) is 5.10 Å². The third-order valence-corrected chi connectivity index (χ3v) is 4.58. The van der Waals surface area contributed by atoms with Crippen molar-refractivity contribution in [1.29, 1.82) is 0 Å². The van der Waals surface area contributed by atoms with Crippen LogP contribution in [0.1, 0.15) is 25.3 Å². The first-order valence-electron chi connectivity index (χ1n) is 7.67. The maximum atomic E-state index is 13.0. The van der Waals surface area contributed by atoms with Gasteiger partial charge in [-0.15, -0.1) is 12.4 Å². The zero-order chi connectivity index (χ0) is 15.0.